The maximum absolute atomic E-state index is 2.30. The fourth-order valence-corrected chi connectivity index (χ4v) is 0. The second-order valence-electron chi connectivity index (χ2n) is 2.68. The molecule has 0 saturated heterocycles. The van der Waals surface area contributed by atoms with Crippen LogP contribution >= 0.6 is 7.26 Å². The van der Waals surface area contributed by atoms with Crippen molar-refractivity contribution in [2.24, 2.45) is 0 Å². The lowest BCUT2D eigenvalue weighted by molar-refractivity contribution is -0.00000149. The van der Waals surface area contributed by atoms with Crippen LogP contribution in [0.15, 0.2) is 0 Å². The second-order valence-corrected chi connectivity index (χ2v) is 8.05. The van der Waals surface area contributed by atoms with E-state index in [-0.39, 0.29) is 19.7 Å². The number of halogens is 1. The van der Waals surface area contributed by atoms with Gasteiger partial charge in [0, 0.05) is 33.9 Å². The molecule has 0 saturated carbocycles. The Morgan fingerprint density at radius 2 is 0.833 bits per heavy atom. The number of hydrogen-bond acceptors (Lipinski definition) is 0. The third-order valence-corrected chi connectivity index (χ3v) is 0. The van der Waals surface area contributed by atoms with E-state index >= 15 is 0 Å². The molecule has 0 unspecified atom stereocenters. The van der Waals surface area contributed by atoms with Gasteiger partial charge in [-0.05, 0) is 0 Å². The summed E-state index contributed by atoms with van der Waals surface area (Å²) < 4.78 is 0. The average Bonchev–Trinajstić information content (AvgIpc) is 0.722. The zero-order chi connectivity index (χ0) is 4.50. The van der Waals surface area contributed by atoms with E-state index in [0.29, 0.717) is 0 Å². The third-order valence-electron chi connectivity index (χ3n) is 0. The van der Waals surface area contributed by atoms with Crippen LogP contribution in [0, 0.1) is 0 Å². The summed E-state index contributed by atoms with van der Waals surface area (Å²) in [4.78, 5) is 0. The molecule has 40 valence electrons. The summed E-state index contributed by atoms with van der Waals surface area (Å²) in [5.74, 6) is 0. The SMILES string of the molecule is C[P+](C)(C)C.[Cl-]. The molecule has 0 aliphatic heterocycles. The summed E-state index contributed by atoms with van der Waals surface area (Å²) in [5.41, 5.74) is 0. The third kappa shape index (κ3) is 126. The highest BCUT2D eigenvalue weighted by molar-refractivity contribution is 7.72. The van der Waals surface area contributed by atoms with Crippen molar-refractivity contribution in [3.05, 3.63) is 0 Å². The highest BCUT2D eigenvalue weighted by Crippen LogP contribution is 2.40. The molecule has 0 aromatic heterocycles. The molecule has 0 spiro atoms. The van der Waals surface area contributed by atoms with Crippen molar-refractivity contribution < 1.29 is 12.4 Å². The van der Waals surface area contributed by atoms with Crippen molar-refractivity contribution in [2.75, 3.05) is 26.7 Å². The normalized spacial score (nSPS) is 10.0. The van der Waals surface area contributed by atoms with Gasteiger partial charge in [0.1, 0.15) is 0 Å². The first-order valence-corrected chi connectivity index (χ1v) is 5.37. The van der Waals surface area contributed by atoms with E-state index in [1.54, 1.807) is 0 Å². The lowest BCUT2D eigenvalue weighted by atomic mass is 11.8. The van der Waals surface area contributed by atoms with Crippen LogP contribution in [0.5, 0.6) is 0 Å². The van der Waals surface area contributed by atoms with Crippen molar-refractivity contribution in [1.29, 1.82) is 0 Å². The van der Waals surface area contributed by atoms with Gasteiger partial charge in [-0.15, -0.1) is 0 Å². The maximum Gasteiger partial charge on any atom is 0.0481 e. The molecule has 0 atom stereocenters. The molecule has 0 radical (unpaired) electrons. The summed E-state index contributed by atoms with van der Waals surface area (Å²) in [6.07, 6.45) is 0. The monoisotopic (exact) mass is 126 g/mol. The molecule has 6 heavy (non-hydrogen) atoms. The molecule has 0 bridgehead atoms. The van der Waals surface area contributed by atoms with Crippen molar-refractivity contribution in [3.63, 3.8) is 0 Å². The highest BCUT2D eigenvalue weighted by Gasteiger charge is 2.03. The first kappa shape index (κ1) is 9.87. The minimum Gasteiger partial charge on any atom is -1.00 e. The smallest absolute Gasteiger partial charge is 0.0481 e. The lowest BCUT2D eigenvalue weighted by Gasteiger charge is -1.97. The van der Waals surface area contributed by atoms with Gasteiger partial charge in [-0.1, -0.05) is 0 Å². The second kappa shape index (κ2) is 2.82. The summed E-state index contributed by atoms with van der Waals surface area (Å²) in [6.45, 7) is 9.19. The van der Waals surface area contributed by atoms with Gasteiger partial charge >= 0.3 is 0 Å². The van der Waals surface area contributed by atoms with Crippen LogP contribution in [0.4, 0.5) is 0 Å². The molecule has 0 aliphatic carbocycles. The number of hydrogen-bond donors (Lipinski definition) is 0. The summed E-state index contributed by atoms with van der Waals surface area (Å²) in [7, 11) is -0.389. The molecule has 2 heteroatoms. The van der Waals surface area contributed by atoms with Gasteiger partial charge in [0.15, 0.2) is 0 Å². The Kier molecular flexibility index (Phi) is 4.64. The zero-order valence-electron chi connectivity index (χ0n) is 4.83. The highest BCUT2D eigenvalue weighted by atomic mass is 35.5. The van der Waals surface area contributed by atoms with Gasteiger partial charge in [-0.2, -0.15) is 0 Å². The van der Waals surface area contributed by atoms with Crippen LogP contribution in [-0.2, 0) is 0 Å². The van der Waals surface area contributed by atoms with Gasteiger partial charge in [0.25, 0.3) is 0 Å². The predicted molar refractivity (Wildman–Crippen MR) is 30.6 cm³/mol. The van der Waals surface area contributed by atoms with Gasteiger partial charge in [-0.3, -0.25) is 0 Å². The Morgan fingerprint density at radius 1 is 0.833 bits per heavy atom. The molecule has 0 rings (SSSR count). The molecule has 0 aromatic rings. The molecule has 0 aromatic carbocycles. The summed E-state index contributed by atoms with van der Waals surface area (Å²) in [5, 5.41) is 0. The predicted octanol–water partition coefficient (Wildman–Crippen LogP) is -1.47. The summed E-state index contributed by atoms with van der Waals surface area (Å²) >= 11 is 0. The first-order valence-electron chi connectivity index (χ1n) is 1.79. The molecule has 0 nitrogen and oxygen atoms in total. The van der Waals surface area contributed by atoms with Crippen molar-refractivity contribution in [2.45, 2.75) is 0 Å². The van der Waals surface area contributed by atoms with Gasteiger partial charge in [-0.25, -0.2) is 0 Å². The van der Waals surface area contributed by atoms with Crippen LogP contribution in [0.1, 0.15) is 0 Å². The van der Waals surface area contributed by atoms with Crippen LogP contribution in [0.3, 0.4) is 0 Å². The van der Waals surface area contributed by atoms with Crippen molar-refractivity contribution in [3.8, 4) is 0 Å². The standard InChI is InChI=1S/C4H12P.ClH/c1-5(2,3)4;/h1-4H3;1H/q+1;/p-1. The molecule has 0 N–H and O–H groups in total. The topological polar surface area (TPSA) is 0 Å². The lowest BCUT2D eigenvalue weighted by Crippen LogP contribution is -3.00. The van der Waals surface area contributed by atoms with E-state index in [4.69, 9.17) is 0 Å². The largest absolute Gasteiger partial charge is 1.00 e. The molecular formula is C4H12ClP. The Morgan fingerprint density at radius 3 is 0.833 bits per heavy atom. The Labute approximate surface area is 47.1 Å². The molecule has 0 aliphatic rings. The summed E-state index contributed by atoms with van der Waals surface area (Å²) in [6, 6.07) is 0. The minimum atomic E-state index is -0.389. The van der Waals surface area contributed by atoms with Crippen molar-refractivity contribution in [1.82, 2.24) is 0 Å². The van der Waals surface area contributed by atoms with Crippen molar-refractivity contribution >= 4 is 7.26 Å². The van der Waals surface area contributed by atoms with Gasteiger partial charge < -0.3 is 12.4 Å². The maximum atomic E-state index is 2.30. The minimum absolute atomic E-state index is 0. The van der Waals surface area contributed by atoms with E-state index in [0.717, 1.165) is 0 Å². The van der Waals surface area contributed by atoms with Crippen LogP contribution in [-0.4, -0.2) is 26.7 Å². The Balaban J connectivity index is 0. The Bertz CT molecular complexity index is 23.0. The Hall–Kier alpha value is 0.720. The fraction of sp³-hybridized carbons (Fsp3) is 1.00. The molecule has 0 fully saturated rings. The average molecular weight is 127 g/mol. The number of rotatable bonds is 0. The quantitative estimate of drug-likeness (QED) is 0.348. The van der Waals surface area contributed by atoms with Crippen LogP contribution in [0.2, 0.25) is 0 Å². The zero-order valence-corrected chi connectivity index (χ0v) is 6.48. The van der Waals surface area contributed by atoms with Gasteiger partial charge in [0.2, 0.25) is 0 Å². The molecular weight excluding hydrogens is 114 g/mol. The van der Waals surface area contributed by atoms with Crippen LogP contribution in [0.25, 0.3) is 0 Å². The molecule has 0 amide bonds. The van der Waals surface area contributed by atoms with Crippen LogP contribution < -0.4 is 12.4 Å². The van der Waals surface area contributed by atoms with E-state index in [1.807, 2.05) is 0 Å². The van der Waals surface area contributed by atoms with E-state index in [9.17, 15) is 0 Å². The van der Waals surface area contributed by atoms with E-state index in [1.165, 1.54) is 0 Å². The molecule has 0 heterocycles. The first-order chi connectivity index (χ1) is 2.00. The van der Waals surface area contributed by atoms with Gasteiger partial charge in [0.05, 0.1) is 0 Å². The van der Waals surface area contributed by atoms with E-state index in [2.05, 4.69) is 26.7 Å². The fourth-order valence-electron chi connectivity index (χ4n) is 0. The van der Waals surface area contributed by atoms with E-state index < -0.39 is 0 Å².